The minimum absolute atomic E-state index is 0.178. The molecule has 2 aromatic heterocycles. The van der Waals surface area contributed by atoms with Gasteiger partial charge in [-0.3, -0.25) is 14.9 Å². The van der Waals surface area contributed by atoms with Crippen molar-refractivity contribution in [2.75, 3.05) is 31.1 Å². The quantitative estimate of drug-likeness (QED) is 0.537. The van der Waals surface area contributed by atoms with Crippen molar-refractivity contribution in [1.29, 1.82) is 0 Å². The number of anilines is 1. The summed E-state index contributed by atoms with van der Waals surface area (Å²) < 4.78 is 13.3. The highest BCUT2D eigenvalue weighted by Gasteiger charge is 2.30. The van der Waals surface area contributed by atoms with E-state index in [-0.39, 0.29) is 17.6 Å². The summed E-state index contributed by atoms with van der Waals surface area (Å²) >= 11 is 0. The highest BCUT2D eigenvalue weighted by Crippen LogP contribution is 2.37. The molecule has 1 aliphatic heterocycles. The third-order valence-corrected chi connectivity index (χ3v) is 5.91. The van der Waals surface area contributed by atoms with E-state index < -0.39 is 0 Å². The Labute approximate surface area is 180 Å². The van der Waals surface area contributed by atoms with E-state index in [0.717, 1.165) is 48.5 Å². The molecule has 3 heterocycles. The molecule has 0 saturated carbocycles. The van der Waals surface area contributed by atoms with Gasteiger partial charge in [-0.05, 0) is 42.5 Å². The first-order chi connectivity index (χ1) is 15.2. The normalized spacial score (nSPS) is 15.8. The third-order valence-electron chi connectivity index (χ3n) is 5.91. The minimum Gasteiger partial charge on any atom is -0.505 e. The Kier molecular flexibility index (Phi) is 5.22. The third kappa shape index (κ3) is 3.82. The number of benzene rings is 2. The van der Waals surface area contributed by atoms with Crippen LogP contribution in [0.15, 0.2) is 79.1 Å². The van der Waals surface area contributed by atoms with Crippen LogP contribution >= 0.6 is 0 Å². The summed E-state index contributed by atoms with van der Waals surface area (Å²) in [5.41, 5.74) is 3.32. The Balaban J connectivity index is 1.47. The zero-order valence-electron chi connectivity index (χ0n) is 17.0. The monoisotopic (exact) mass is 414 g/mol. The van der Waals surface area contributed by atoms with Gasteiger partial charge >= 0.3 is 0 Å². The Morgan fingerprint density at radius 3 is 2.32 bits per heavy atom. The highest BCUT2D eigenvalue weighted by atomic mass is 19.1. The Morgan fingerprint density at radius 2 is 1.58 bits per heavy atom. The van der Waals surface area contributed by atoms with Gasteiger partial charge in [0.1, 0.15) is 17.1 Å². The number of rotatable bonds is 4. The van der Waals surface area contributed by atoms with Gasteiger partial charge in [0.05, 0.1) is 11.7 Å². The van der Waals surface area contributed by atoms with Crippen molar-refractivity contribution in [3.63, 3.8) is 0 Å². The van der Waals surface area contributed by atoms with Crippen molar-refractivity contribution >= 4 is 16.6 Å². The maximum atomic E-state index is 13.3. The van der Waals surface area contributed by atoms with E-state index in [9.17, 15) is 9.50 Å². The van der Waals surface area contributed by atoms with E-state index in [1.165, 1.54) is 12.1 Å². The number of nitrogens with zero attached hydrogens (tertiary/aromatic N) is 4. The van der Waals surface area contributed by atoms with Crippen molar-refractivity contribution in [3.05, 3.63) is 96.2 Å². The molecule has 156 valence electrons. The van der Waals surface area contributed by atoms with Gasteiger partial charge in [0.2, 0.25) is 0 Å². The first-order valence-corrected chi connectivity index (χ1v) is 10.4. The Morgan fingerprint density at radius 1 is 0.806 bits per heavy atom. The maximum Gasteiger partial charge on any atom is 0.146 e. The van der Waals surface area contributed by atoms with Crippen molar-refractivity contribution < 1.29 is 9.50 Å². The maximum absolute atomic E-state index is 13.3. The lowest BCUT2D eigenvalue weighted by molar-refractivity contribution is 0.206. The van der Waals surface area contributed by atoms with Gasteiger partial charge < -0.3 is 10.0 Å². The fourth-order valence-electron chi connectivity index (χ4n) is 4.34. The summed E-state index contributed by atoms with van der Waals surface area (Å²) in [4.78, 5) is 13.6. The first kappa shape index (κ1) is 19.5. The lowest BCUT2D eigenvalue weighted by Crippen LogP contribution is -2.48. The lowest BCUT2D eigenvalue weighted by atomic mass is 9.97. The molecule has 1 atom stereocenters. The first-order valence-electron chi connectivity index (χ1n) is 10.4. The average Bonchev–Trinajstić information content (AvgIpc) is 2.83. The van der Waals surface area contributed by atoms with Gasteiger partial charge in [-0.25, -0.2) is 4.39 Å². The van der Waals surface area contributed by atoms with Gasteiger partial charge in [0, 0.05) is 55.2 Å². The number of piperazine rings is 1. The molecule has 1 fully saturated rings. The van der Waals surface area contributed by atoms with Crippen molar-refractivity contribution in [1.82, 2.24) is 14.9 Å². The molecule has 1 N–H and O–H groups in total. The van der Waals surface area contributed by atoms with Crippen LogP contribution in [0.25, 0.3) is 10.9 Å². The van der Waals surface area contributed by atoms with Crippen LogP contribution in [-0.4, -0.2) is 46.2 Å². The second-order valence-electron chi connectivity index (χ2n) is 7.74. The number of hydrogen-bond donors (Lipinski definition) is 1. The van der Waals surface area contributed by atoms with Crippen LogP contribution in [0.1, 0.15) is 17.3 Å². The molecule has 1 aliphatic rings. The fourth-order valence-corrected chi connectivity index (χ4v) is 4.34. The molecule has 0 unspecified atom stereocenters. The number of phenolic OH excluding ortho intramolecular Hbond substituents is 1. The summed E-state index contributed by atoms with van der Waals surface area (Å²) in [5.74, 6) is -0.0206. The van der Waals surface area contributed by atoms with Gasteiger partial charge in [-0.1, -0.05) is 24.3 Å². The van der Waals surface area contributed by atoms with Crippen LogP contribution in [0, 0.1) is 5.82 Å². The SMILES string of the molecule is Oc1c([C@@H](c2ccccn2)N2CCN(c3ccc(F)cc3)CC2)ccc2cccnc12. The molecule has 0 radical (unpaired) electrons. The Bertz CT molecular complexity index is 1180. The molecule has 0 bridgehead atoms. The molecule has 0 spiro atoms. The summed E-state index contributed by atoms with van der Waals surface area (Å²) in [7, 11) is 0. The molecule has 5 rings (SSSR count). The number of aromatic nitrogens is 2. The number of halogens is 1. The number of fused-ring (bicyclic) bond motifs is 1. The predicted octanol–water partition coefficient (Wildman–Crippen LogP) is 4.39. The second-order valence-corrected chi connectivity index (χ2v) is 7.74. The molecule has 2 aromatic carbocycles. The fraction of sp³-hybridized carbons (Fsp3) is 0.200. The summed E-state index contributed by atoms with van der Waals surface area (Å²) in [5, 5.41) is 12.0. The number of hydrogen-bond acceptors (Lipinski definition) is 5. The average molecular weight is 414 g/mol. The van der Waals surface area contributed by atoms with E-state index in [1.54, 1.807) is 12.4 Å². The Hall–Kier alpha value is -3.51. The van der Waals surface area contributed by atoms with E-state index >= 15 is 0 Å². The van der Waals surface area contributed by atoms with Gasteiger partial charge in [0.25, 0.3) is 0 Å². The van der Waals surface area contributed by atoms with Crippen LogP contribution in [0.5, 0.6) is 5.75 Å². The number of phenols is 1. The van der Waals surface area contributed by atoms with Gasteiger partial charge in [-0.15, -0.1) is 0 Å². The van der Waals surface area contributed by atoms with Crippen LogP contribution in [0.4, 0.5) is 10.1 Å². The van der Waals surface area contributed by atoms with Gasteiger partial charge in [-0.2, -0.15) is 0 Å². The van der Waals surface area contributed by atoms with Crippen LogP contribution in [-0.2, 0) is 0 Å². The minimum atomic E-state index is -0.224. The van der Waals surface area contributed by atoms with Crippen molar-refractivity contribution in [2.24, 2.45) is 0 Å². The molecular formula is C25H23FN4O. The van der Waals surface area contributed by atoms with E-state index in [1.807, 2.05) is 54.6 Å². The van der Waals surface area contributed by atoms with E-state index in [0.29, 0.717) is 5.52 Å². The molecule has 6 heteroatoms. The molecule has 1 saturated heterocycles. The summed E-state index contributed by atoms with van der Waals surface area (Å²) in [6, 6.07) is 20.1. The van der Waals surface area contributed by atoms with Crippen LogP contribution in [0.3, 0.4) is 0 Å². The summed E-state index contributed by atoms with van der Waals surface area (Å²) in [6.45, 7) is 3.19. The largest absolute Gasteiger partial charge is 0.505 e. The van der Waals surface area contributed by atoms with Crippen molar-refractivity contribution in [2.45, 2.75) is 6.04 Å². The molecular weight excluding hydrogens is 391 g/mol. The predicted molar refractivity (Wildman–Crippen MR) is 120 cm³/mol. The van der Waals surface area contributed by atoms with E-state index in [2.05, 4.69) is 19.8 Å². The topological polar surface area (TPSA) is 52.5 Å². The number of pyridine rings is 2. The molecule has 4 aromatic rings. The zero-order valence-corrected chi connectivity index (χ0v) is 17.0. The summed E-state index contributed by atoms with van der Waals surface area (Å²) in [6.07, 6.45) is 3.48. The molecule has 0 aliphatic carbocycles. The van der Waals surface area contributed by atoms with Crippen LogP contribution in [0.2, 0.25) is 0 Å². The standard InChI is InChI=1S/C25H23FN4O/c26-19-7-9-20(10-8-19)29-14-16-30(17-15-29)24(22-5-1-2-12-27-22)21-11-6-18-4-3-13-28-23(18)25(21)31/h1-13,24,31H,14-17H2/t24-/m0/s1. The van der Waals surface area contributed by atoms with Crippen LogP contribution < -0.4 is 4.90 Å². The van der Waals surface area contributed by atoms with Crippen molar-refractivity contribution in [3.8, 4) is 5.75 Å². The zero-order chi connectivity index (χ0) is 21.2. The molecule has 0 amide bonds. The lowest BCUT2D eigenvalue weighted by Gasteiger charge is -2.40. The molecule has 5 nitrogen and oxygen atoms in total. The molecule has 31 heavy (non-hydrogen) atoms. The van der Waals surface area contributed by atoms with E-state index in [4.69, 9.17) is 0 Å². The smallest absolute Gasteiger partial charge is 0.146 e. The number of aromatic hydroxyl groups is 1. The van der Waals surface area contributed by atoms with Gasteiger partial charge in [0.15, 0.2) is 0 Å². The highest BCUT2D eigenvalue weighted by molar-refractivity contribution is 5.85. The second kappa shape index (κ2) is 8.32.